The first kappa shape index (κ1) is 15.3. The Bertz CT molecular complexity index is 599. The Morgan fingerprint density at radius 2 is 2.10 bits per heavy atom. The van der Waals surface area contributed by atoms with Crippen molar-refractivity contribution in [2.24, 2.45) is 7.05 Å². The Morgan fingerprint density at radius 3 is 2.60 bits per heavy atom. The number of hydrogen-bond donors (Lipinski definition) is 1. The Hall–Kier alpha value is -1.14. The molecule has 5 nitrogen and oxygen atoms in total. The maximum absolute atomic E-state index is 4.50. The quantitative estimate of drug-likeness (QED) is 0.910. The molecule has 1 N–H and O–H groups in total. The summed E-state index contributed by atoms with van der Waals surface area (Å²) in [7, 11) is 3.98. The van der Waals surface area contributed by atoms with E-state index in [0.29, 0.717) is 0 Å². The molecule has 0 aromatic carbocycles. The lowest BCUT2D eigenvalue weighted by Gasteiger charge is -2.18. The van der Waals surface area contributed by atoms with E-state index in [1.165, 1.54) is 17.0 Å². The molecule has 6 heteroatoms. The minimum Gasteiger partial charge on any atom is -0.311 e. The highest BCUT2D eigenvalue weighted by molar-refractivity contribution is 9.10. The van der Waals surface area contributed by atoms with E-state index in [1.54, 1.807) is 0 Å². The van der Waals surface area contributed by atoms with Crippen LogP contribution < -0.4 is 5.32 Å². The maximum Gasteiger partial charge on any atom is 0.0698 e. The SMILES string of the molecule is CCn1ncc(Br)c1C(Cc1c(C)nn(C)c1C)NC. The van der Waals surface area contributed by atoms with Crippen molar-refractivity contribution in [3.63, 3.8) is 0 Å². The van der Waals surface area contributed by atoms with Crippen LogP contribution in [0.2, 0.25) is 0 Å². The lowest BCUT2D eigenvalue weighted by Crippen LogP contribution is -2.23. The standard InChI is InChI=1S/C14H22BrN5/c1-6-20-14(12(15)8-17-20)13(16-4)7-11-9(2)18-19(5)10(11)3/h8,13,16H,6-7H2,1-5H3. The first-order valence-corrected chi connectivity index (χ1v) is 7.66. The van der Waals surface area contributed by atoms with Crippen molar-refractivity contribution in [2.45, 2.75) is 39.8 Å². The van der Waals surface area contributed by atoms with Crippen LogP contribution >= 0.6 is 15.9 Å². The third-order valence-electron chi connectivity index (χ3n) is 3.88. The van der Waals surface area contributed by atoms with Crippen molar-refractivity contribution in [2.75, 3.05) is 7.05 Å². The van der Waals surface area contributed by atoms with E-state index in [0.717, 1.165) is 23.1 Å². The molecule has 20 heavy (non-hydrogen) atoms. The molecule has 0 fully saturated rings. The lowest BCUT2D eigenvalue weighted by atomic mass is 10.0. The molecule has 0 aliphatic heterocycles. The van der Waals surface area contributed by atoms with Crippen LogP contribution in [0, 0.1) is 13.8 Å². The summed E-state index contributed by atoms with van der Waals surface area (Å²) in [5.41, 5.74) is 4.82. The summed E-state index contributed by atoms with van der Waals surface area (Å²) in [6, 6.07) is 0.216. The minimum absolute atomic E-state index is 0.216. The van der Waals surface area contributed by atoms with Crippen LogP contribution in [0.4, 0.5) is 0 Å². The first-order valence-electron chi connectivity index (χ1n) is 6.87. The van der Waals surface area contributed by atoms with Crippen molar-refractivity contribution in [1.29, 1.82) is 0 Å². The molecule has 1 unspecified atom stereocenters. The van der Waals surface area contributed by atoms with Gasteiger partial charge in [-0.15, -0.1) is 0 Å². The minimum atomic E-state index is 0.216. The van der Waals surface area contributed by atoms with Crippen molar-refractivity contribution >= 4 is 15.9 Å². The largest absolute Gasteiger partial charge is 0.311 e. The van der Waals surface area contributed by atoms with Gasteiger partial charge in [0.2, 0.25) is 0 Å². The van der Waals surface area contributed by atoms with Gasteiger partial charge in [0.1, 0.15) is 0 Å². The number of aryl methyl sites for hydroxylation is 3. The molecule has 0 aliphatic rings. The topological polar surface area (TPSA) is 47.7 Å². The Labute approximate surface area is 128 Å². The summed E-state index contributed by atoms with van der Waals surface area (Å²) < 4.78 is 5.04. The van der Waals surface area contributed by atoms with E-state index in [-0.39, 0.29) is 6.04 Å². The highest BCUT2D eigenvalue weighted by atomic mass is 79.9. The third-order valence-corrected chi connectivity index (χ3v) is 4.49. The Kier molecular flexibility index (Phi) is 4.65. The number of nitrogens with one attached hydrogen (secondary N) is 1. The highest BCUT2D eigenvalue weighted by Crippen LogP contribution is 2.27. The predicted molar refractivity (Wildman–Crippen MR) is 83.8 cm³/mol. The molecule has 2 aromatic heterocycles. The average Bonchev–Trinajstić information content (AvgIpc) is 2.90. The predicted octanol–water partition coefficient (Wildman–Crippen LogP) is 2.52. The zero-order valence-electron chi connectivity index (χ0n) is 12.7. The molecule has 0 saturated carbocycles. The van der Waals surface area contributed by atoms with Crippen LogP contribution in [0.1, 0.15) is 35.6 Å². The van der Waals surface area contributed by atoms with E-state index >= 15 is 0 Å². The van der Waals surface area contributed by atoms with Crippen molar-refractivity contribution < 1.29 is 0 Å². The van der Waals surface area contributed by atoms with E-state index in [2.05, 4.69) is 52.2 Å². The van der Waals surface area contributed by atoms with Crippen LogP contribution in [0.5, 0.6) is 0 Å². The Morgan fingerprint density at radius 1 is 1.40 bits per heavy atom. The van der Waals surface area contributed by atoms with Gasteiger partial charge in [-0.25, -0.2) is 0 Å². The molecule has 2 heterocycles. The van der Waals surface area contributed by atoms with Gasteiger partial charge in [-0.1, -0.05) is 0 Å². The molecule has 0 bridgehead atoms. The molecule has 2 rings (SSSR count). The second-order valence-electron chi connectivity index (χ2n) is 5.01. The van der Waals surface area contributed by atoms with E-state index in [4.69, 9.17) is 0 Å². The summed E-state index contributed by atoms with van der Waals surface area (Å²) in [6.45, 7) is 7.16. The molecule has 0 radical (unpaired) electrons. The number of halogens is 1. The average molecular weight is 340 g/mol. The monoisotopic (exact) mass is 339 g/mol. The van der Waals surface area contributed by atoms with Gasteiger partial charge in [0.25, 0.3) is 0 Å². The maximum atomic E-state index is 4.50. The summed E-state index contributed by atoms with van der Waals surface area (Å²) in [5, 5.41) is 12.3. The number of hydrogen-bond acceptors (Lipinski definition) is 3. The van der Waals surface area contributed by atoms with Gasteiger partial charge in [0.15, 0.2) is 0 Å². The van der Waals surface area contributed by atoms with Crippen LogP contribution in [0.3, 0.4) is 0 Å². The smallest absolute Gasteiger partial charge is 0.0698 e. The zero-order chi connectivity index (χ0) is 14.9. The Balaban J connectivity index is 2.36. The van der Waals surface area contributed by atoms with Gasteiger partial charge in [0, 0.05) is 19.3 Å². The lowest BCUT2D eigenvalue weighted by molar-refractivity contribution is 0.510. The number of nitrogens with zero attached hydrogens (tertiary/aromatic N) is 4. The van der Waals surface area contributed by atoms with Gasteiger partial charge < -0.3 is 5.32 Å². The molecule has 1 atom stereocenters. The summed E-state index contributed by atoms with van der Waals surface area (Å²) in [6.07, 6.45) is 2.78. The first-order chi connectivity index (χ1) is 9.49. The van der Waals surface area contributed by atoms with Gasteiger partial charge in [-0.2, -0.15) is 10.2 Å². The molecule has 110 valence electrons. The number of aromatic nitrogens is 4. The van der Waals surface area contributed by atoms with E-state index < -0.39 is 0 Å². The van der Waals surface area contributed by atoms with Crippen LogP contribution in [0.15, 0.2) is 10.7 Å². The van der Waals surface area contributed by atoms with Crippen LogP contribution in [-0.2, 0) is 20.0 Å². The highest BCUT2D eigenvalue weighted by Gasteiger charge is 2.21. The van der Waals surface area contributed by atoms with Gasteiger partial charge in [-0.3, -0.25) is 9.36 Å². The van der Waals surface area contributed by atoms with Crippen LogP contribution in [-0.4, -0.2) is 26.6 Å². The van der Waals surface area contributed by atoms with E-state index in [1.807, 2.05) is 29.7 Å². The van der Waals surface area contributed by atoms with Gasteiger partial charge in [0.05, 0.1) is 28.1 Å². The normalized spacial score (nSPS) is 12.9. The van der Waals surface area contributed by atoms with Gasteiger partial charge >= 0.3 is 0 Å². The fourth-order valence-electron chi connectivity index (χ4n) is 2.62. The van der Waals surface area contributed by atoms with Gasteiger partial charge in [-0.05, 0) is 55.7 Å². The number of rotatable bonds is 5. The number of likely N-dealkylation sites (N-methyl/N-ethyl adjacent to an activating group) is 1. The molecule has 0 aliphatic carbocycles. The fourth-order valence-corrected chi connectivity index (χ4v) is 3.20. The van der Waals surface area contributed by atoms with E-state index in [9.17, 15) is 0 Å². The van der Waals surface area contributed by atoms with Crippen molar-refractivity contribution in [3.8, 4) is 0 Å². The second kappa shape index (κ2) is 6.10. The van der Waals surface area contributed by atoms with Crippen molar-refractivity contribution in [3.05, 3.63) is 33.3 Å². The molecule has 0 saturated heterocycles. The summed E-state index contributed by atoms with van der Waals surface area (Å²) in [4.78, 5) is 0. The summed E-state index contributed by atoms with van der Waals surface area (Å²) >= 11 is 3.61. The molecular formula is C14H22BrN5. The molecule has 0 amide bonds. The summed E-state index contributed by atoms with van der Waals surface area (Å²) in [5.74, 6) is 0. The molecular weight excluding hydrogens is 318 g/mol. The fraction of sp³-hybridized carbons (Fsp3) is 0.571. The molecule has 0 spiro atoms. The van der Waals surface area contributed by atoms with Crippen molar-refractivity contribution in [1.82, 2.24) is 24.9 Å². The second-order valence-corrected chi connectivity index (χ2v) is 5.87. The van der Waals surface area contributed by atoms with Crippen LogP contribution in [0.25, 0.3) is 0 Å². The third kappa shape index (κ3) is 2.67. The molecule has 2 aromatic rings. The zero-order valence-corrected chi connectivity index (χ0v) is 14.3.